The summed E-state index contributed by atoms with van der Waals surface area (Å²) in [6.07, 6.45) is 0.790. The Balaban J connectivity index is 2.20. The Hall–Kier alpha value is -1.22. The molecule has 1 aromatic carbocycles. The van der Waals surface area contributed by atoms with Gasteiger partial charge in [0.05, 0.1) is 6.54 Å². The number of hydrogen-bond donors (Lipinski definition) is 0. The van der Waals surface area contributed by atoms with E-state index in [0.717, 1.165) is 18.5 Å². The molecule has 1 saturated heterocycles. The van der Waals surface area contributed by atoms with Crippen LogP contribution in [0.2, 0.25) is 0 Å². The molecule has 3 heteroatoms. The van der Waals surface area contributed by atoms with Gasteiger partial charge in [0.15, 0.2) is 5.78 Å². The molecule has 1 aliphatic rings. The number of carbonyl (C=O) groups is 1. The molecule has 1 atom stereocenters. The van der Waals surface area contributed by atoms with Crippen LogP contribution >= 0.6 is 0 Å². The smallest absolute Gasteiger partial charge is 0.154 e. The van der Waals surface area contributed by atoms with Gasteiger partial charge in [-0.2, -0.15) is 0 Å². The van der Waals surface area contributed by atoms with Crippen LogP contribution in [0.5, 0.6) is 0 Å². The summed E-state index contributed by atoms with van der Waals surface area (Å²) in [5.41, 5.74) is 0.813. The topological polar surface area (TPSA) is 20.3 Å². The molecule has 0 N–H and O–H groups in total. The first-order valence-electron chi connectivity index (χ1n) is 5.13. The lowest BCUT2D eigenvalue weighted by Crippen LogP contribution is -2.37. The standard InChI is InChI=1S/C12H14FNO/c1-14-6-5-11(12(15)8-14)9-3-2-4-10(13)7-9/h2-4,7,11H,5-6,8H2,1H3. The van der Waals surface area contributed by atoms with E-state index in [-0.39, 0.29) is 17.5 Å². The lowest BCUT2D eigenvalue weighted by Gasteiger charge is -2.27. The molecule has 80 valence electrons. The Morgan fingerprint density at radius 3 is 2.93 bits per heavy atom. The summed E-state index contributed by atoms with van der Waals surface area (Å²) in [6.45, 7) is 1.37. The molecular formula is C12H14FNO. The van der Waals surface area contributed by atoms with Crippen molar-refractivity contribution in [3.8, 4) is 0 Å². The molecule has 0 amide bonds. The van der Waals surface area contributed by atoms with Crippen molar-refractivity contribution in [1.82, 2.24) is 4.90 Å². The molecule has 0 bridgehead atoms. The zero-order valence-electron chi connectivity index (χ0n) is 8.74. The van der Waals surface area contributed by atoms with E-state index in [1.807, 2.05) is 18.0 Å². The second kappa shape index (κ2) is 4.11. The first-order valence-corrected chi connectivity index (χ1v) is 5.13. The zero-order chi connectivity index (χ0) is 10.8. The molecule has 0 spiro atoms. The molecule has 15 heavy (non-hydrogen) atoms. The molecule has 1 aromatic rings. The Bertz CT molecular complexity index is 378. The van der Waals surface area contributed by atoms with Crippen LogP contribution in [0.25, 0.3) is 0 Å². The van der Waals surface area contributed by atoms with E-state index in [1.54, 1.807) is 6.07 Å². The molecule has 1 unspecified atom stereocenters. The SMILES string of the molecule is CN1CCC(c2cccc(F)c2)C(=O)C1. The van der Waals surface area contributed by atoms with E-state index >= 15 is 0 Å². The van der Waals surface area contributed by atoms with E-state index < -0.39 is 0 Å². The highest BCUT2D eigenvalue weighted by Gasteiger charge is 2.26. The Morgan fingerprint density at radius 1 is 1.47 bits per heavy atom. The number of halogens is 1. The van der Waals surface area contributed by atoms with Gasteiger partial charge in [0, 0.05) is 5.92 Å². The highest BCUT2D eigenvalue weighted by atomic mass is 19.1. The molecular weight excluding hydrogens is 193 g/mol. The van der Waals surface area contributed by atoms with Crippen LogP contribution in [-0.2, 0) is 4.79 Å². The van der Waals surface area contributed by atoms with Crippen LogP contribution in [0.15, 0.2) is 24.3 Å². The van der Waals surface area contributed by atoms with Crippen molar-refractivity contribution >= 4 is 5.78 Å². The van der Waals surface area contributed by atoms with E-state index in [0.29, 0.717) is 6.54 Å². The maximum atomic E-state index is 13.0. The van der Waals surface area contributed by atoms with Crippen molar-refractivity contribution in [2.24, 2.45) is 0 Å². The van der Waals surface area contributed by atoms with Gasteiger partial charge in [0.25, 0.3) is 0 Å². The van der Waals surface area contributed by atoms with Gasteiger partial charge < -0.3 is 0 Å². The minimum absolute atomic E-state index is 0.114. The number of ketones is 1. The molecule has 0 aliphatic carbocycles. The molecule has 0 saturated carbocycles. The van der Waals surface area contributed by atoms with E-state index in [4.69, 9.17) is 0 Å². The normalized spacial score (nSPS) is 23.1. The summed E-state index contributed by atoms with van der Waals surface area (Å²) in [6, 6.07) is 6.37. The number of likely N-dealkylation sites (N-methyl/N-ethyl adjacent to an activating group) is 1. The summed E-state index contributed by atoms with van der Waals surface area (Å²) < 4.78 is 13.0. The van der Waals surface area contributed by atoms with Crippen LogP contribution in [0.1, 0.15) is 17.9 Å². The van der Waals surface area contributed by atoms with Crippen molar-refractivity contribution in [1.29, 1.82) is 0 Å². The Morgan fingerprint density at radius 2 is 2.27 bits per heavy atom. The second-order valence-electron chi connectivity index (χ2n) is 4.10. The van der Waals surface area contributed by atoms with Gasteiger partial charge in [-0.25, -0.2) is 4.39 Å². The molecule has 0 aromatic heterocycles. The minimum Gasteiger partial charge on any atom is -0.299 e. The van der Waals surface area contributed by atoms with E-state index in [9.17, 15) is 9.18 Å². The van der Waals surface area contributed by atoms with Crippen molar-refractivity contribution < 1.29 is 9.18 Å². The third kappa shape index (κ3) is 2.23. The van der Waals surface area contributed by atoms with Gasteiger partial charge in [0.2, 0.25) is 0 Å². The fourth-order valence-electron chi connectivity index (χ4n) is 2.04. The van der Waals surface area contributed by atoms with Crippen molar-refractivity contribution in [2.75, 3.05) is 20.1 Å². The summed E-state index contributed by atoms with van der Waals surface area (Å²) in [7, 11) is 1.93. The monoisotopic (exact) mass is 207 g/mol. The summed E-state index contributed by atoms with van der Waals surface area (Å²) in [5.74, 6) is -0.189. The van der Waals surface area contributed by atoms with Gasteiger partial charge in [-0.05, 0) is 37.7 Å². The van der Waals surface area contributed by atoms with E-state index in [2.05, 4.69) is 0 Å². The summed E-state index contributed by atoms with van der Waals surface area (Å²) in [5, 5.41) is 0. The average Bonchev–Trinajstić information content (AvgIpc) is 2.17. The number of Topliss-reactive ketones (excluding diaryl/α,β-unsaturated/α-hetero) is 1. The third-order valence-corrected chi connectivity index (χ3v) is 2.86. The van der Waals surface area contributed by atoms with Crippen LogP contribution < -0.4 is 0 Å². The molecule has 2 nitrogen and oxygen atoms in total. The van der Waals surface area contributed by atoms with Gasteiger partial charge in [-0.15, -0.1) is 0 Å². The lowest BCUT2D eigenvalue weighted by molar-refractivity contribution is -0.123. The number of carbonyl (C=O) groups excluding carboxylic acids is 1. The maximum Gasteiger partial charge on any atom is 0.154 e. The molecule has 1 fully saturated rings. The van der Waals surface area contributed by atoms with Gasteiger partial charge >= 0.3 is 0 Å². The predicted molar refractivity (Wildman–Crippen MR) is 56.3 cm³/mol. The third-order valence-electron chi connectivity index (χ3n) is 2.86. The van der Waals surface area contributed by atoms with E-state index in [1.165, 1.54) is 12.1 Å². The number of likely N-dealkylation sites (tertiary alicyclic amines) is 1. The average molecular weight is 207 g/mol. The fraction of sp³-hybridized carbons (Fsp3) is 0.417. The second-order valence-corrected chi connectivity index (χ2v) is 4.10. The quantitative estimate of drug-likeness (QED) is 0.700. The number of rotatable bonds is 1. The summed E-state index contributed by atoms with van der Waals surface area (Å²) >= 11 is 0. The Labute approximate surface area is 88.7 Å². The number of hydrogen-bond acceptors (Lipinski definition) is 2. The van der Waals surface area contributed by atoms with Crippen LogP contribution in [0.4, 0.5) is 4.39 Å². The van der Waals surface area contributed by atoms with Crippen molar-refractivity contribution in [2.45, 2.75) is 12.3 Å². The lowest BCUT2D eigenvalue weighted by atomic mass is 9.88. The van der Waals surface area contributed by atoms with Crippen LogP contribution in [-0.4, -0.2) is 30.8 Å². The molecule has 0 radical (unpaired) electrons. The number of nitrogens with zero attached hydrogens (tertiary/aromatic N) is 1. The molecule has 1 aliphatic heterocycles. The highest BCUT2D eigenvalue weighted by molar-refractivity contribution is 5.88. The van der Waals surface area contributed by atoms with Crippen LogP contribution in [0, 0.1) is 5.82 Å². The highest BCUT2D eigenvalue weighted by Crippen LogP contribution is 2.25. The fourth-order valence-corrected chi connectivity index (χ4v) is 2.04. The van der Waals surface area contributed by atoms with Gasteiger partial charge in [-0.1, -0.05) is 12.1 Å². The number of piperidine rings is 1. The number of benzene rings is 1. The molecule has 1 heterocycles. The first kappa shape index (κ1) is 10.3. The van der Waals surface area contributed by atoms with Crippen molar-refractivity contribution in [3.63, 3.8) is 0 Å². The predicted octanol–water partition coefficient (Wildman–Crippen LogP) is 1.81. The first-order chi connectivity index (χ1) is 7.16. The maximum absolute atomic E-state index is 13.0. The van der Waals surface area contributed by atoms with Gasteiger partial charge in [-0.3, -0.25) is 9.69 Å². The largest absolute Gasteiger partial charge is 0.299 e. The van der Waals surface area contributed by atoms with Crippen molar-refractivity contribution in [3.05, 3.63) is 35.6 Å². The van der Waals surface area contributed by atoms with Crippen LogP contribution in [0.3, 0.4) is 0 Å². The zero-order valence-corrected chi connectivity index (χ0v) is 8.74. The van der Waals surface area contributed by atoms with Gasteiger partial charge in [0.1, 0.15) is 5.82 Å². The molecule has 2 rings (SSSR count). The summed E-state index contributed by atoms with van der Waals surface area (Å²) in [4.78, 5) is 13.8. The Kier molecular flexibility index (Phi) is 2.82. The minimum atomic E-state index is -0.265.